The van der Waals surface area contributed by atoms with E-state index in [1.807, 2.05) is 89.7 Å². The van der Waals surface area contributed by atoms with Gasteiger partial charge in [0.05, 0.1) is 96.5 Å². The molecule has 0 bridgehead atoms. The van der Waals surface area contributed by atoms with E-state index < -0.39 is 5.54 Å². The van der Waals surface area contributed by atoms with Crippen LogP contribution in [0.3, 0.4) is 0 Å². The summed E-state index contributed by atoms with van der Waals surface area (Å²) in [5, 5.41) is 11.1. The SMILES string of the molecule is CCOc1cc(OC)ccc1CNCC(=O)N1CCCC(c2cccc(C(=O)NCCOCCOCCOCCOCCC(=O)N3CCN(CC[C@H](NC(=O)C4(N)CCN(c5ncnc6[nH]ccc56)CC4)c4ccc(Cl)cc4)CC3)c2)C1. The first kappa shape index (κ1) is 61.6. The van der Waals surface area contributed by atoms with Crippen LogP contribution in [-0.4, -0.2) is 197 Å². The molecule has 2 aromatic heterocycles. The van der Waals surface area contributed by atoms with Crippen LogP contribution in [0.4, 0.5) is 5.82 Å². The van der Waals surface area contributed by atoms with Crippen molar-refractivity contribution in [3.8, 4) is 11.5 Å². The van der Waals surface area contributed by atoms with E-state index in [1.54, 1.807) is 19.5 Å². The molecule has 0 spiro atoms. The third-order valence-corrected chi connectivity index (χ3v) is 15.7. The summed E-state index contributed by atoms with van der Waals surface area (Å²) >= 11 is 6.25. The molecule has 3 aromatic carbocycles. The van der Waals surface area contributed by atoms with Crippen molar-refractivity contribution in [1.29, 1.82) is 0 Å². The Kier molecular flexibility index (Phi) is 23.9. The van der Waals surface area contributed by atoms with Crippen molar-refractivity contribution in [2.75, 3.05) is 143 Å². The molecule has 3 saturated heterocycles. The van der Waals surface area contributed by atoms with Gasteiger partial charge in [-0.2, -0.15) is 0 Å². The first-order valence-electron chi connectivity index (χ1n) is 28.9. The maximum absolute atomic E-state index is 13.9. The van der Waals surface area contributed by atoms with E-state index in [1.165, 1.54) is 0 Å². The molecule has 5 heterocycles. The Balaban J connectivity index is 0.620. The lowest BCUT2D eigenvalue weighted by Gasteiger charge is -2.39. The van der Waals surface area contributed by atoms with Gasteiger partial charge in [-0.25, -0.2) is 9.97 Å². The normalized spacial score (nSPS) is 16.9. The van der Waals surface area contributed by atoms with Gasteiger partial charge >= 0.3 is 0 Å². The number of piperidine rings is 2. The lowest BCUT2D eigenvalue weighted by Crippen LogP contribution is -2.60. The number of likely N-dealkylation sites (tertiary alicyclic amines) is 1. The van der Waals surface area contributed by atoms with Crippen LogP contribution < -0.4 is 36.1 Å². The third-order valence-electron chi connectivity index (χ3n) is 15.4. The van der Waals surface area contributed by atoms with E-state index in [0.717, 1.165) is 77.5 Å². The van der Waals surface area contributed by atoms with Crippen LogP contribution in [0.1, 0.15) is 84.5 Å². The van der Waals surface area contributed by atoms with Gasteiger partial charge in [0.25, 0.3) is 5.91 Å². The minimum Gasteiger partial charge on any atom is -0.497 e. The molecular weight excluding hydrogens is 1070 g/mol. The van der Waals surface area contributed by atoms with Crippen LogP contribution in [0.2, 0.25) is 5.02 Å². The molecule has 21 nitrogen and oxygen atoms in total. The standard InChI is InChI=1S/C60H82ClN11O10/c1-3-82-53-39-50(77-2)14-11-47(53)40-63-41-55(74)72-22-5-8-48(42-72)45-6-4-7-46(38-45)58(75)65-21-31-79-33-35-81-37-36-80-34-32-78-30-17-54(73)70-28-26-69(27-29-70)23-16-52(44-9-12-49(61)13-10-44)68-59(76)60(62)18-24-71(25-19-60)57-51-15-20-64-56(51)66-43-67-57/h4,6-7,9-15,20,38-39,43,48,52,63H,3,5,8,16-19,21-37,40-42,62H2,1-2H3,(H,65,75)(H,68,76)(H,64,66,67)/t48?,52-/m0/s1. The number of aromatic nitrogens is 3. The Morgan fingerprint density at radius 1 is 0.817 bits per heavy atom. The average Bonchev–Trinajstić information content (AvgIpc) is 4.20. The average molecular weight is 1150 g/mol. The molecule has 2 atom stereocenters. The first-order valence-corrected chi connectivity index (χ1v) is 29.2. The highest BCUT2D eigenvalue weighted by Crippen LogP contribution is 2.31. The van der Waals surface area contributed by atoms with E-state index in [2.05, 4.69) is 40.7 Å². The summed E-state index contributed by atoms with van der Waals surface area (Å²) in [4.78, 5) is 73.5. The van der Waals surface area contributed by atoms with Crippen LogP contribution in [0.5, 0.6) is 11.5 Å². The minimum absolute atomic E-state index is 0.0466. The Morgan fingerprint density at radius 2 is 1.55 bits per heavy atom. The molecule has 0 saturated carbocycles. The number of rotatable bonds is 31. The molecule has 6 N–H and O–H groups in total. The van der Waals surface area contributed by atoms with Gasteiger partial charge in [-0.3, -0.25) is 24.1 Å². The summed E-state index contributed by atoms with van der Waals surface area (Å²) in [6, 6.07) is 22.6. The number of amides is 4. The Morgan fingerprint density at radius 3 is 2.28 bits per heavy atom. The number of methoxy groups -OCH3 is 1. The number of anilines is 1. The van der Waals surface area contributed by atoms with Crippen molar-refractivity contribution < 1.29 is 47.6 Å². The van der Waals surface area contributed by atoms with Crippen molar-refractivity contribution in [2.24, 2.45) is 5.73 Å². The monoisotopic (exact) mass is 1150 g/mol. The fraction of sp³-hybridized carbons (Fsp3) is 0.533. The number of nitrogens with one attached hydrogen (secondary N) is 4. The summed E-state index contributed by atoms with van der Waals surface area (Å²) in [6.45, 7) is 12.5. The summed E-state index contributed by atoms with van der Waals surface area (Å²) in [5.74, 6) is 2.21. The van der Waals surface area contributed by atoms with Crippen LogP contribution in [0.25, 0.3) is 11.0 Å². The van der Waals surface area contributed by atoms with E-state index in [-0.39, 0.29) is 42.1 Å². The summed E-state index contributed by atoms with van der Waals surface area (Å²) < 4.78 is 33.7. The zero-order valence-corrected chi connectivity index (χ0v) is 48.3. The molecular formula is C60H82ClN11O10. The Labute approximate surface area is 486 Å². The highest BCUT2D eigenvalue weighted by Gasteiger charge is 2.39. The largest absolute Gasteiger partial charge is 0.497 e. The van der Waals surface area contributed by atoms with Crippen molar-refractivity contribution in [2.45, 2.75) is 69.5 Å². The van der Waals surface area contributed by atoms with E-state index in [4.69, 9.17) is 45.8 Å². The topological polar surface area (TPSA) is 240 Å². The van der Waals surface area contributed by atoms with Gasteiger partial charge in [0.15, 0.2) is 0 Å². The molecule has 3 aliphatic rings. The van der Waals surface area contributed by atoms with Crippen molar-refractivity contribution in [3.05, 3.63) is 113 Å². The fourth-order valence-corrected chi connectivity index (χ4v) is 10.8. The minimum atomic E-state index is -1.02. The number of nitrogens with zero attached hydrogens (tertiary/aromatic N) is 6. The summed E-state index contributed by atoms with van der Waals surface area (Å²) in [5.41, 5.74) is 10.1. The fourth-order valence-electron chi connectivity index (χ4n) is 10.6. The van der Waals surface area contributed by atoms with Gasteiger partial charge in [-0.1, -0.05) is 41.9 Å². The summed E-state index contributed by atoms with van der Waals surface area (Å²) in [6.07, 6.45) is 7.17. The predicted molar refractivity (Wildman–Crippen MR) is 313 cm³/mol. The number of ether oxygens (including phenoxy) is 6. The van der Waals surface area contributed by atoms with Crippen molar-refractivity contribution in [3.63, 3.8) is 0 Å². The third kappa shape index (κ3) is 18.0. The van der Waals surface area contributed by atoms with E-state index in [9.17, 15) is 19.2 Å². The molecule has 8 rings (SSSR count). The van der Waals surface area contributed by atoms with Crippen molar-refractivity contribution in [1.82, 2.24) is 45.6 Å². The number of benzene rings is 3. The molecule has 5 aromatic rings. The second-order valence-corrected chi connectivity index (χ2v) is 21.4. The number of carbonyl (C=O) groups excluding carboxylic acids is 4. The van der Waals surface area contributed by atoms with Crippen LogP contribution in [0, 0.1) is 0 Å². The second-order valence-electron chi connectivity index (χ2n) is 20.9. The molecule has 82 heavy (non-hydrogen) atoms. The van der Waals surface area contributed by atoms with Crippen molar-refractivity contribution >= 4 is 52.1 Å². The lowest BCUT2D eigenvalue weighted by atomic mass is 9.87. The number of piperazine rings is 1. The van der Waals surface area contributed by atoms with Gasteiger partial charge in [0.1, 0.15) is 29.3 Å². The predicted octanol–water partition coefficient (Wildman–Crippen LogP) is 5.09. The van der Waals surface area contributed by atoms with Crippen LogP contribution in [-0.2, 0) is 39.9 Å². The first-order chi connectivity index (χ1) is 40.0. The number of hydrogen-bond acceptors (Lipinski definition) is 16. The number of H-pyrrole nitrogens is 1. The number of hydrogen-bond donors (Lipinski definition) is 5. The Bertz CT molecular complexity index is 2810. The van der Waals surface area contributed by atoms with E-state index in [0.29, 0.717) is 148 Å². The van der Waals surface area contributed by atoms with Gasteiger partial charge in [-0.15, -0.1) is 0 Å². The quantitative estimate of drug-likeness (QED) is 0.0363. The van der Waals surface area contributed by atoms with Gasteiger partial charge in [-0.05, 0) is 86.6 Å². The molecule has 444 valence electrons. The van der Waals surface area contributed by atoms with Crippen LogP contribution >= 0.6 is 11.6 Å². The molecule has 4 amide bonds. The maximum atomic E-state index is 13.9. The maximum Gasteiger partial charge on any atom is 0.251 e. The highest BCUT2D eigenvalue weighted by molar-refractivity contribution is 6.30. The highest BCUT2D eigenvalue weighted by atomic mass is 35.5. The van der Waals surface area contributed by atoms with Gasteiger partial charge < -0.3 is 69.8 Å². The molecule has 3 aliphatic heterocycles. The summed E-state index contributed by atoms with van der Waals surface area (Å²) in [7, 11) is 1.62. The number of nitrogens with two attached hydrogens (primary N) is 1. The zero-order chi connectivity index (χ0) is 57.5. The number of fused-ring (bicyclic) bond motifs is 1. The lowest BCUT2D eigenvalue weighted by molar-refractivity contribution is -0.134. The van der Waals surface area contributed by atoms with E-state index >= 15 is 0 Å². The van der Waals surface area contributed by atoms with Gasteiger partial charge in [0, 0.05) is 106 Å². The zero-order valence-electron chi connectivity index (χ0n) is 47.6. The molecule has 0 radical (unpaired) electrons. The smallest absolute Gasteiger partial charge is 0.251 e. The second kappa shape index (κ2) is 31.9. The molecule has 3 fully saturated rings. The number of carbonyl (C=O) groups is 4. The number of aromatic amines is 1. The van der Waals surface area contributed by atoms with Gasteiger partial charge in [0.2, 0.25) is 17.7 Å². The molecule has 0 aliphatic carbocycles. The van der Waals surface area contributed by atoms with Crippen LogP contribution in [0.15, 0.2) is 85.3 Å². The Hall–Kier alpha value is -6.43. The molecule has 1 unspecified atom stereocenters. The number of halogens is 1. The molecule has 22 heteroatoms.